The zero-order valence-electron chi connectivity index (χ0n) is 18.7. The van der Waals surface area contributed by atoms with Crippen LogP contribution in [0.15, 0.2) is 91.0 Å². The maximum Gasteiger partial charge on any atom is 0.145 e. The van der Waals surface area contributed by atoms with Gasteiger partial charge in [-0.05, 0) is 91.6 Å². The first-order chi connectivity index (χ1) is 16.1. The molecule has 0 amide bonds. The highest BCUT2D eigenvalue weighted by Gasteiger charge is 2.05. The van der Waals surface area contributed by atoms with E-state index in [0.717, 1.165) is 35.8 Å². The molecule has 168 valence electrons. The van der Waals surface area contributed by atoms with Gasteiger partial charge in [0.25, 0.3) is 0 Å². The van der Waals surface area contributed by atoms with Crippen LogP contribution in [0.5, 0.6) is 28.7 Å². The van der Waals surface area contributed by atoms with Gasteiger partial charge in [-0.2, -0.15) is 0 Å². The number of hydrogen-bond donors (Lipinski definition) is 2. The van der Waals surface area contributed by atoms with Crippen molar-refractivity contribution < 1.29 is 14.2 Å². The molecule has 0 radical (unpaired) electrons. The molecule has 4 aromatic carbocycles. The van der Waals surface area contributed by atoms with Gasteiger partial charge in [-0.3, -0.25) is 0 Å². The van der Waals surface area contributed by atoms with Crippen molar-refractivity contribution in [3.63, 3.8) is 0 Å². The molecule has 0 aliphatic rings. The standard InChI is InChI=1S/C28H28N2O3/c1-2-31-28-19-26(17-18-27(28)30)33-24-13-7-21(8-14-24)4-3-20-5-11-23(12-6-20)32-25-15-9-22(29)10-16-25/h5-19H,2-4,29-30H2,1H3. The average Bonchev–Trinajstić information content (AvgIpc) is 2.83. The summed E-state index contributed by atoms with van der Waals surface area (Å²) in [6.45, 7) is 2.48. The number of hydrogen-bond acceptors (Lipinski definition) is 5. The lowest BCUT2D eigenvalue weighted by Gasteiger charge is -2.11. The highest BCUT2D eigenvalue weighted by molar-refractivity contribution is 5.56. The lowest BCUT2D eigenvalue weighted by molar-refractivity contribution is 0.340. The molecule has 0 saturated heterocycles. The summed E-state index contributed by atoms with van der Waals surface area (Å²) in [5, 5.41) is 0. The van der Waals surface area contributed by atoms with E-state index in [2.05, 4.69) is 24.3 Å². The summed E-state index contributed by atoms with van der Waals surface area (Å²) in [7, 11) is 0. The van der Waals surface area contributed by atoms with E-state index in [9.17, 15) is 0 Å². The van der Waals surface area contributed by atoms with Gasteiger partial charge in [0, 0.05) is 11.8 Å². The number of benzene rings is 4. The quantitative estimate of drug-likeness (QED) is 0.286. The summed E-state index contributed by atoms with van der Waals surface area (Å²) < 4.78 is 17.3. The minimum Gasteiger partial charge on any atom is -0.492 e. The molecule has 0 fully saturated rings. The highest BCUT2D eigenvalue weighted by Crippen LogP contribution is 2.30. The van der Waals surface area contributed by atoms with Crippen molar-refractivity contribution in [1.82, 2.24) is 0 Å². The van der Waals surface area contributed by atoms with Crippen molar-refractivity contribution in [2.45, 2.75) is 19.8 Å². The van der Waals surface area contributed by atoms with Crippen molar-refractivity contribution in [1.29, 1.82) is 0 Å². The molecular formula is C28H28N2O3. The molecule has 0 bridgehead atoms. The van der Waals surface area contributed by atoms with Crippen LogP contribution in [0.3, 0.4) is 0 Å². The van der Waals surface area contributed by atoms with E-state index < -0.39 is 0 Å². The van der Waals surface area contributed by atoms with E-state index in [0.29, 0.717) is 23.8 Å². The van der Waals surface area contributed by atoms with Crippen LogP contribution in [0, 0.1) is 0 Å². The topological polar surface area (TPSA) is 79.7 Å². The lowest BCUT2D eigenvalue weighted by atomic mass is 10.0. The third kappa shape index (κ3) is 6.20. The second-order valence-electron chi connectivity index (χ2n) is 7.69. The lowest BCUT2D eigenvalue weighted by Crippen LogP contribution is -1.97. The van der Waals surface area contributed by atoms with Crippen LogP contribution in [0.25, 0.3) is 0 Å². The van der Waals surface area contributed by atoms with Gasteiger partial charge in [0.1, 0.15) is 28.7 Å². The summed E-state index contributed by atoms with van der Waals surface area (Å²) in [5.74, 6) is 3.68. The van der Waals surface area contributed by atoms with Gasteiger partial charge in [-0.15, -0.1) is 0 Å². The molecule has 0 unspecified atom stereocenters. The van der Waals surface area contributed by atoms with E-state index >= 15 is 0 Å². The number of nitrogen functional groups attached to an aromatic ring is 2. The third-order valence-corrected chi connectivity index (χ3v) is 5.19. The van der Waals surface area contributed by atoms with Crippen LogP contribution in [0.2, 0.25) is 0 Å². The zero-order chi connectivity index (χ0) is 23.0. The molecule has 0 aromatic heterocycles. The Kier molecular flexibility index (Phi) is 7.00. The first-order valence-electron chi connectivity index (χ1n) is 11.0. The number of rotatable bonds is 9. The molecule has 0 saturated carbocycles. The molecule has 5 heteroatoms. The summed E-state index contributed by atoms with van der Waals surface area (Å²) >= 11 is 0. The number of nitrogens with two attached hydrogens (primary N) is 2. The van der Waals surface area contributed by atoms with Crippen molar-refractivity contribution in [2.24, 2.45) is 0 Å². The van der Waals surface area contributed by atoms with E-state index in [1.165, 1.54) is 11.1 Å². The second kappa shape index (κ2) is 10.5. The Balaban J connectivity index is 1.30. The number of aryl methyl sites for hydroxylation is 2. The first kappa shape index (κ1) is 22.1. The third-order valence-electron chi connectivity index (χ3n) is 5.19. The van der Waals surface area contributed by atoms with Crippen LogP contribution in [0.4, 0.5) is 11.4 Å². The van der Waals surface area contributed by atoms with E-state index in [4.69, 9.17) is 25.7 Å². The zero-order valence-corrected chi connectivity index (χ0v) is 18.7. The van der Waals surface area contributed by atoms with Crippen LogP contribution in [0.1, 0.15) is 18.1 Å². The van der Waals surface area contributed by atoms with E-state index in [1.807, 2.05) is 67.6 Å². The van der Waals surface area contributed by atoms with Gasteiger partial charge in [-0.25, -0.2) is 0 Å². The Labute approximate surface area is 194 Å². The van der Waals surface area contributed by atoms with Gasteiger partial charge in [0.05, 0.1) is 12.3 Å². The summed E-state index contributed by atoms with van der Waals surface area (Å²) in [6.07, 6.45) is 1.88. The Morgan fingerprint density at radius 1 is 0.576 bits per heavy atom. The smallest absolute Gasteiger partial charge is 0.145 e. The van der Waals surface area contributed by atoms with Crippen LogP contribution >= 0.6 is 0 Å². The van der Waals surface area contributed by atoms with Gasteiger partial charge >= 0.3 is 0 Å². The Morgan fingerprint density at radius 3 is 1.55 bits per heavy atom. The van der Waals surface area contributed by atoms with Crippen LogP contribution in [-0.4, -0.2) is 6.61 Å². The fourth-order valence-corrected chi connectivity index (χ4v) is 3.40. The molecule has 4 N–H and O–H groups in total. The minimum atomic E-state index is 0.556. The Bertz CT molecular complexity index is 1170. The predicted molar refractivity (Wildman–Crippen MR) is 133 cm³/mol. The van der Waals surface area contributed by atoms with Gasteiger partial charge in [0.2, 0.25) is 0 Å². The SMILES string of the molecule is CCOc1cc(Oc2ccc(CCc3ccc(Oc4ccc(N)cc4)cc3)cc2)ccc1N. The van der Waals surface area contributed by atoms with Gasteiger partial charge in [-0.1, -0.05) is 24.3 Å². The molecule has 5 nitrogen and oxygen atoms in total. The molecule has 4 rings (SSSR count). The molecule has 0 aliphatic carbocycles. The summed E-state index contributed by atoms with van der Waals surface area (Å²) in [6, 6.07) is 29.2. The second-order valence-corrected chi connectivity index (χ2v) is 7.69. The molecule has 4 aromatic rings. The van der Waals surface area contributed by atoms with Crippen molar-refractivity contribution in [3.8, 4) is 28.7 Å². The van der Waals surface area contributed by atoms with E-state index in [-0.39, 0.29) is 0 Å². The number of anilines is 2. The predicted octanol–water partition coefficient (Wildman–Crippen LogP) is 6.62. The summed E-state index contributed by atoms with van der Waals surface area (Å²) in [4.78, 5) is 0. The summed E-state index contributed by atoms with van der Waals surface area (Å²) in [5.41, 5.74) is 15.5. The Hall–Kier alpha value is -4.12. The first-order valence-corrected chi connectivity index (χ1v) is 11.0. The largest absolute Gasteiger partial charge is 0.492 e. The molecule has 0 aliphatic heterocycles. The molecular weight excluding hydrogens is 412 g/mol. The van der Waals surface area contributed by atoms with E-state index in [1.54, 1.807) is 6.07 Å². The fourth-order valence-electron chi connectivity index (χ4n) is 3.40. The van der Waals surface area contributed by atoms with Crippen molar-refractivity contribution in [2.75, 3.05) is 18.1 Å². The maximum absolute atomic E-state index is 5.95. The highest BCUT2D eigenvalue weighted by atomic mass is 16.5. The monoisotopic (exact) mass is 440 g/mol. The Morgan fingerprint density at radius 2 is 1.03 bits per heavy atom. The van der Waals surface area contributed by atoms with Crippen molar-refractivity contribution in [3.05, 3.63) is 102 Å². The minimum absolute atomic E-state index is 0.556. The van der Waals surface area contributed by atoms with Crippen molar-refractivity contribution >= 4 is 11.4 Å². The maximum atomic E-state index is 5.95. The van der Waals surface area contributed by atoms with Gasteiger partial charge < -0.3 is 25.7 Å². The molecule has 33 heavy (non-hydrogen) atoms. The molecule has 0 atom stereocenters. The number of ether oxygens (including phenoxy) is 3. The normalized spacial score (nSPS) is 10.6. The average molecular weight is 441 g/mol. The van der Waals surface area contributed by atoms with Crippen LogP contribution < -0.4 is 25.7 Å². The molecule has 0 heterocycles. The van der Waals surface area contributed by atoms with Crippen LogP contribution in [-0.2, 0) is 12.8 Å². The van der Waals surface area contributed by atoms with Gasteiger partial charge in [0.15, 0.2) is 0 Å². The fraction of sp³-hybridized carbons (Fsp3) is 0.143. The molecule has 0 spiro atoms.